The maximum atomic E-state index is 12.1. The van der Waals surface area contributed by atoms with Crippen LogP contribution in [0.25, 0.3) is 0 Å². The number of carbonyl (C=O) groups excluding carboxylic acids is 2. The van der Waals surface area contributed by atoms with Crippen LogP contribution in [-0.2, 0) is 9.59 Å². The highest BCUT2D eigenvalue weighted by atomic mass is 16.5. The number of anilines is 1. The Morgan fingerprint density at radius 1 is 1.33 bits per heavy atom. The van der Waals surface area contributed by atoms with Crippen LogP contribution in [0.1, 0.15) is 33.1 Å². The number of amides is 2. The summed E-state index contributed by atoms with van der Waals surface area (Å²) in [5.74, 6) is 0.852. The molecule has 0 unspecified atom stereocenters. The Balaban J connectivity index is 1.97. The molecule has 1 saturated heterocycles. The molecule has 1 atom stereocenters. The molecular weight excluding hydrogens is 268 g/mol. The van der Waals surface area contributed by atoms with Crippen LogP contribution >= 0.6 is 0 Å². The van der Waals surface area contributed by atoms with Gasteiger partial charge in [-0.1, -0.05) is 6.92 Å². The zero-order chi connectivity index (χ0) is 15.2. The van der Waals surface area contributed by atoms with E-state index in [4.69, 9.17) is 4.74 Å². The molecule has 5 heteroatoms. The quantitative estimate of drug-likeness (QED) is 0.873. The molecule has 114 valence electrons. The molecule has 0 aliphatic carbocycles. The van der Waals surface area contributed by atoms with Crippen LogP contribution in [0.4, 0.5) is 5.69 Å². The van der Waals surface area contributed by atoms with Gasteiger partial charge in [0.25, 0.3) is 0 Å². The Hall–Kier alpha value is -2.04. The van der Waals surface area contributed by atoms with Crippen molar-refractivity contribution < 1.29 is 14.3 Å². The van der Waals surface area contributed by atoms with Crippen LogP contribution < -0.4 is 15.0 Å². The predicted molar refractivity (Wildman–Crippen MR) is 81.4 cm³/mol. The van der Waals surface area contributed by atoms with E-state index in [0.29, 0.717) is 26.0 Å². The molecule has 0 aromatic heterocycles. The largest absolute Gasteiger partial charge is 0.494 e. The Morgan fingerprint density at radius 3 is 2.67 bits per heavy atom. The van der Waals surface area contributed by atoms with Crippen molar-refractivity contribution >= 4 is 17.5 Å². The monoisotopic (exact) mass is 290 g/mol. The number of ether oxygens (including phenoxy) is 1. The van der Waals surface area contributed by atoms with Gasteiger partial charge < -0.3 is 15.0 Å². The van der Waals surface area contributed by atoms with Crippen molar-refractivity contribution in [1.29, 1.82) is 0 Å². The number of nitrogens with zero attached hydrogens (tertiary/aromatic N) is 1. The molecular formula is C16H22N2O3. The molecule has 5 nitrogen and oxygen atoms in total. The average molecular weight is 290 g/mol. The summed E-state index contributed by atoms with van der Waals surface area (Å²) < 4.78 is 5.39. The smallest absolute Gasteiger partial charge is 0.229 e. The number of carbonyl (C=O) groups is 2. The van der Waals surface area contributed by atoms with E-state index >= 15 is 0 Å². The Kier molecular flexibility index (Phi) is 5.20. The number of hydrogen-bond acceptors (Lipinski definition) is 3. The summed E-state index contributed by atoms with van der Waals surface area (Å²) in [4.78, 5) is 25.4. The first-order valence-corrected chi connectivity index (χ1v) is 7.46. The highest BCUT2D eigenvalue weighted by molar-refractivity contribution is 5.96. The minimum Gasteiger partial charge on any atom is -0.494 e. The molecule has 1 aliphatic heterocycles. The van der Waals surface area contributed by atoms with Crippen molar-refractivity contribution in [2.75, 3.05) is 18.1 Å². The second-order valence-corrected chi connectivity index (χ2v) is 5.15. The topological polar surface area (TPSA) is 58.6 Å². The molecule has 0 bridgehead atoms. The van der Waals surface area contributed by atoms with Crippen molar-refractivity contribution in [3.8, 4) is 5.75 Å². The SMILES string of the molecule is CCCC(=O)N[C@H]1CC(=O)N(c2ccc(OCC)cc2)C1. The van der Waals surface area contributed by atoms with Gasteiger partial charge in [-0.2, -0.15) is 0 Å². The predicted octanol–water partition coefficient (Wildman–Crippen LogP) is 2.11. The molecule has 1 aromatic rings. The summed E-state index contributed by atoms with van der Waals surface area (Å²) >= 11 is 0. The van der Waals surface area contributed by atoms with Crippen molar-refractivity contribution in [3.05, 3.63) is 24.3 Å². The van der Waals surface area contributed by atoms with E-state index < -0.39 is 0 Å². The molecule has 0 saturated carbocycles. The lowest BCUT2D eigenvalue weighted by atomic mass is 10.2. The second kappa shape index (κ2) is 7.11. The van der Waals surface area contributed by atoms with Crippen molar-refractivity contribution in [1.82, 2.24) is 5.32 Å². The second-order valence-electron chi connectivity index (χ2n) is 5.15. The van der Waals surface area contributed by atoms with E-state index in [1.54, 1.807) is 4.90 Å². The average Bonchev–Trinajstić information content (AvgIpc) is 2.81. The molecule has 2 rings (SSSR count). The van der Waals surface area contributed by atoms with Crippen molar-refractivity contribution in [2.45, 2.75) is 39.2 Å². The van der Waals surface area contributed by atoms with Gasteiger partial charge in [0.15, 0.2) is 0 Å². The van der Waals surface area contributed by atoms with Crippen LogP contribution in [-0.4, -0.2) is 31.0 Å². The summed E-state index contributed by atoms with van der Waals surface area (Å²) in [5, 5.41) is 2.92. The standard InChI is InChI=1S/C16H22N2O3/c1-3-5-15(19)17-12-10-16(20)18(11-12)13-6-8-14(9-7-13)21-4-2/h6-9,12H,3-5,10-11H2,1-2H3,(H,17,19)/t12-/m0/s1. The van der Waals surface area contributed by atoms with Crippen LogP contribution in [0, 0.1) is 0 Å². The summed E-state index contributed by atoms with van der Waals surface area (Å²) in [6.45, 7) is 5.04. The molecule has 1 N–H and O–H groups in total. The lowest BCUT2D eigenvalue weighted by Crippen LogP contribution is -2.36. The maximum absolute atomic E-state index is 12.1. The first-order valence-electron chi connectivity index (χ1n) is 7.46. The van der Waals surface area contributed by atoms with Gasteiger partial charge in [-0.05, 0) is 37.6 Å². The Morgan fingerprint density at radius 2 is 2.05 bits per heavy atom. The molecule has 1 aliphatic rings. The van der Waals surface area contributed by atoms with E-state index in [1.165, 1.54) is 0 Å². The molecule has 21 heavy (non-hydrogen) atoms. The van der Waals surface area contributed by atoms with E-state index in [-0.39, 0.29) is 17.9 Å². The minimum absolute atomic E-state index is 0.0174. The maximum Gasteiger partial charge on any atom is 0.229 e. The highest BCUT2D eigenvalue weighted by Crippen LogP contribution is 2.24. The van der Waals surface area contributed by atoms with E-state index in [2.05, 4.69) is 5.32 Å². The third-order valence-corrected chi connectivity index (χ3v) is 3.43. The van der Waals surface area contributed by atoms with Crippen LogP contribution in [0.2, 0.25) is 0 Å². The number of benzene rings is 1. The van der Waals surface area contributed by atoms with E-state index in [1.807, 2.05) is 38.1 Å². The van der Waals surface area contributed by atoms with Gasteiger partial charge in [-0.15, -0.1) is 0 Å². The summed E-state index contributed by atoms with van der Waals surface area (Å²) in [5.41, 5.74) is 0.843. The molecule has 1 heterocycles. The molecule has 0 spiro atoms. The third-order valence-electron chi connectivity index (χ3n) is 3.43. The van der Waals surface area contributed by atoms with Gasteiger partial charge in [-0.25, -0.2) is 0 Å². The Labute approximate surface area is 125 Å². The van der Waals surface area contributed by atoms with Crippen LogP contribution in [0.5, 0.6) is 5.75 Å². The van der Waals surface area contributed by atoms with Crippen LogP contribution in [0.3, 0.4) is 0 Å². The lowest BCUT2D eigenvalue weighted by Gasteiger charge is -2.17. The normalized spacial score (nSPS) is 17.9. The molecule has 1 aromatic carbocycles. The number of rotatable bonds is 6. The summed E-state index contributed by atoms with van der Waals surface area (Å²) in [7, 11) is 0. The van der Waals surface area contributed by atoms with E-state index in [0.717, 1.165) is 17.9 Å². The van der Waals surface area contributed by atoms with Crippen molar-refractivity contribution in [3.63, 3.8) is 0 Å². The fourth-order valence-electron chi connectivity index (χ4n) is 2.47. The first-order chi connectivity index (χ1) is 10.1. The highest BCUT2D eigenvalue weighted by Gasteiger charge is 2.31. The lowest BCUT2D eigenvalue weighted by molar-refractivity contribution is -0.121. The zero-order valence-corrected chi connectivity index (χ0v) is 12.6. The summed E-state index contributed by atoms with van der Waals surface area (Å²) in [6, 6.07) is 7.37. The third kappa shape index (κ3) is 3.97. The van der Waals surface area contributed by atoms with E-state index in [9.17, 15) is 9.59 Å². The fourth-order valence-corrected chi connectivity index (χ4v) is 2.47. The van der Waals surface area contributed by atoms with Gasteiger partial charge in [0.1, 0.15) is 5.75 Å². The Bertz CT molecular complexity index is 499. The van der Waals surface area contributed by atoms with Gasteiger partial charge in [0.2, 0.25) is 11.8 Å². The van der Waals surface area contributed by atoms with Crippen molar-refractivity contribution in [2.24, 2.45) is 0 Å². The van der Waals surface area contributed by atoms with Gasteiger partial charge in [-0.3, -0.25) is 9.59 Å². The minimum atomic E-state index is -0.0943. The molecule has 2 amide bonds. The number of nitrogens with one attached hydrogen (secondary N) is 1. The zero-order valence-electron chi connectivity index (χ0n) is 12.6. The molecule has 1 fully saturated rings. The van der Waals surface area contributed by atoms with Gasteiger partial charge in [0, 0.05) is 25.1 Å². The molecule has 0 radical (unpaired) electrons. The number of hydrogen-bond donors (Lipinski definition) is 1. The fraction of sp³-hybridized carbons (Fsp3) is 0.500. The first kappa shape index (κ1) is 15.4. The van der Waals surface area contributed by atoms with Gasteiger partial charge in [0.05, 0.1) is 12.6 Å². The summed E-state index contributed by atoms with van der Waals surface area (Å²) in [6.07, 6.45) is 1.69. The van der Waals surface area contributed by atoms with Gasteiger partial charge >= 0.3 is 0 Å². The van der Waals surface area contributed by atoms with Crippen LogP contribution in [0.15, 0.2) is 24.3 Å².